The number of hydrogen-bond acceptors (Lipinski definition) is 9. The van der Waals surface area contributed by atoms with Crippen LogP contribution in [0.15, 0.2) is 23.2 Å². The van der Waals surface area contributed by atoms with Gasteiger partial charge in [0.15, 0.2) is 0 Å². The van der Waals surface area contributed by atoms with Gasteiger partial charge in [-0.3, -0.25) is 4.68 Å². The van der Waals surface area contributed by atoms with E-state index in [9.17, 15) is 13.5 Å². The van der Waals surface area contributed by atoms with Gasteiger partial charge in [-0.25, -0.2) is 18.1 Å². The molecule has 0 saturated carbocycles. The van der Waals surface area contributed by atoms with Crippen molar-refractivity contribution in [3.05, 3.63) is 35.3 Å². The van der Waals surface area contributed by atoms with E-state index in [1.165, 1.54) is 0 Å². The lowest BCUT2D eigenvalue weighted by molar-refractivity contribution is -0.113. The summed E-state index contributed by atoms with van der Waals surface area (Å²) in [5.41, 5.74) is 2.08. The Balaban J connectivity index is 1.54. The van der Waals surface area contributed by atoms with Crippen molar-refractivity contribution in [3.63, 3.8) is 0 Å². The van der Waals surface area contributed by atoms with Crippen molar-refractivity contribution < 1.29 is 27.7 Å². The number of sulfonamides is 1. The van der Waals surface area contributed by atoms with E-state index in [1.807, 2.05) is 17.8 Å². The molecule has 2 aromatic rings. The average molecular weight is 524 g/mol. The predicted molar refractivity (Wildman–Crippen MR) is 133 cm³/mol. The maximum absolute atomic E-state index is 13.5. The molecular formula is C24H37N5O6S. The Kier molecular flexibility index (Phi) is 8.96. The summed E-state index contributed by atoms with van der Waals surface area (Å²) in [5.74, 6) is 0.309. The lowest BCUT2D eigenvalue weighted by Crippen LogP contribution is -2.49. The number of nitrogens with zero attached hydrogens (tertiary/aromatic N) is 3. The minimum absolute atomic E-state index is 0.0865. The van der Waals surface area contributed by atoms with Gasteiger partial charge < -0.3 is 24.6 Å². The van der Waals surface area contributed by atoms with Crippen LogP contribution in [0.4, 0.5) is 5.82 Å². The van der Waals surface area contributed by atoms with Crippen LogP contribution in [0.25, 0.3) is 0 Å². The molecule has 0 aromatic carbocycles. The van der Waals surface area contributed by atoms with E-state index in [4.69, 9.17) is 19.3 Å². The molecule has 3 heterocycles. The number of aliphatic hydroxyl groups excluding tert-OH is 1. The molecule has 0 spiro atoms. The standard InChI is InChI=1S/C24H37N5O6S/c1-18-6-7-21(36(31,32)25-17-24(35-15-11-30)8-12-34-13-9-24)23(26-18)27-20-5-3-4-19-16-29(10-14-33-2)28-22(19)20/h6-7,16,20,25,30H,3-5,8-15,17H2,1-2H3,(H,26,27). The first-order chi connectivity index (χ1) is 17.4. The van der Waals surface area contributed by atoms with Gasteiger partial charge in [0.2, 0.25) is 10.0 Å². The summed E-state index contributed by atoms with van der Waals surface area (Å²) in [6.07, 6.45) is 5.88. The van der Waals surface area contributed by atoms with Gasteiger partial charge in [0, 0.05) is 51.6 Å². The van der Waals surface area contributed by atoms with E-state index < -0.39 is 15.6 Å². The smallest absolute Gasteiger partial charge is 0.244 e. The Bertz CT molecular complexity index is 1120. The first kappa shape index (κ1) is 27.0. The van der Waals surface area contributed by atoms with E-state index >= 15 is 0 Å². The van der Waals surface area contributed by atoms with Crippen molar-refractivity contribution >= 4 is 15.8 Å². The van der Waals surface area contributed by atoms with Crippen LogP contribution in [0.2, 0.25) is 0 Å². The second-order valence-electron chi connectivity index (χ2n) is 9.38. The fourth-order valence-corrected chi connectivity index (χ4v) is 5.96. The lowest BCUT2D eigenvalue weighted by atomic mass is 9.94. The Labute approximate surface area is 212 Å². The number of fused-ring (bicyclic) bond motifs is 1. The summed E-state index contributed by atoms with van der Waals surface area (Å²) < 4.78 is 48.1. The molecule has 0 amide bonds. The van der Waals surface area contributed by atoms with Gasteiger partial charge in [0.1, 0.15) is 10.7 Å². The molecule has 200 valence electrons. The Morgan fingerprint density at radius 2 is 2.08 bits per heavy atom. The second-order valence-corrected chi connectivity index (χ2v) is 11.1. The zero-order chi connectivity index (χ0) is 25.6. The lowest BCUT2D eigenvalue weighted by Gasteiger charge is -2.37. The van der Waals surface area contributed by atoms with E-state index in [0.717, 1.165) is 30.5 Å². The quantitative estimate of drug-likeness (QED) is 0.378. The maximum atomic E-state index is 13.5. The molecule has 2 aliphatic rings. The first-order valence-corrected chi connectivity index (χ1v) is 14.0. The van der Waals surface area contributed by atoms with E-state index in [0.29, 0.717) is 50.7 Å². The highest BCUT2D eigenvalue weighted by molar-refractivity contribution is 7.89. The van der Waals surface area contributed by atoms with E-state index in [1.54, 1.807) is 19.2 Å². The van der Waals surface area contributed by atoms with Crippen molar-refractivity contribution in [2.75, 3.05) is 52.0 Å². The molecule has 12 heteroatoms. The second kappa shape index (κ2) is 12.0. The van der Waals surface area contributed by atoms with Gasteiger partial charge in [-0.15, -0.1) is 0 Å². The number of rotatable bonds is 12. The number of methoxy groups -OCH3 is 1. The Hall–Kier alpha value is -2.09. The molecule has 0 radical (unpaired) electrons. The van der Waals surface area contributed by atoms with Crippen molar-refractivity contribution in [1.29, 1.82) is 0 Å². The largest absolute Gasteiger partial charge is 0.394 e. The topological polar surface area (TPSA) is 137 Å². The highest BCUT2D eigenvalue weighted by Crippen LogP contribution is 2.33. The Morgan fingerprint density at radius 1 is 1.28 bits per heavy atom. The van der Waals surface area contributed by atoms with Crippen LogP contribution in [0.3, 0.4) is 0 Å². The van der Waals surface area contributed by atoms with Crippen molar-refractivity contribution in [1.82, 2.24) is 19.5 Å². The summed E-state index contributed by atoms with van der Waals surface area (Å²) in [4.78, 5) is 4.64. The van der Waals surface area contributed by atoms with Gasteiger partial charge >= 0.3 is 0 Å². The molecule has 1 atom stereocenters. The monoisotopic (exact) mass is 523 g/mol. The van der Waals surface area contributed by atoms with Crippen LogP contribution < -0.4 is 10.0 Å². The SMILES string of the molecule is COCCn1cc2c(n1)C(Nc1nc(C)ccc1S(=O)(=O)NCC1(OCCO)CCOCC1)CCC2. The van der Waals surface area contributed by atoms with Gasteiger partial charge in [-0.1, -0.05) is 0 Å². The molecule has 3 N–H and O–H groups in total. The summed E-state index contributed by atoms with van der Waals surface area (Å²) >= 11 is 0. The minimum Gasteiger partial charge on any atom is -0.394 e. The maximum Gasteiger partial charge on any atom is 0.244 e. The molecule has 4 rings (SSSR count). The number of aliphatic hydroxyl groups is 1. The number of anilines is 1. The zero-order valence-corrected chi connectivity index (χ0v) is 21.8. The van der Waals surface area contributed by atoms with Crippen LogP contribution in [0.1, 0.15) is 48.7 Å². The third kappa shape index (κ3) is 6.42. The minimum atomic E-state index is -3.91. The molecule has 1 unspecified atom stereocenters. The Morgan fingerprint density at radius 3 is 2.83 bits per heavy atom. The van der Waals surface area contributed by atoms with Crippen LogP contribution in [0, 0.1) is 6.92 Å². The number of aromatic nitrogens is 3. The van der Waals surface area contributed by atoms with Crippen molar-refractivity contribution in [3.8, 4) is 0 Å². The molecule has 1 aliphatic heterocycles. The molecule has 36 heavy (non-hydrogen) atoms. The molecule has 2 aromatic heterocycles. The number of pyridine rings is 1. The molecule has 1 fully saturated rings. The van der Waals surface area contributed by atoms with Crippen LogP contribution >= 0.6 is 0 Å². The van der Waals surface area contributed by atoms with Gasteiger partial charge in [-0.2, -0.15) is 5.10 Å². The first-order valence-electron chi connectivity index (χ1n) is 12.5. The molecule has 0 bridgehead atoms. The molecule has 11 nitrogen and oxygen atoms in total. The number of aryl methyl sites for hydroxylation is 2. The number of ether oxygens (including phenoxy) is 3. The normalized spacial score (nSPS) is 19.7. The predicted octanol–water partition coefficient (Wildman–Crippen LogP) is 1.56. The average Bonchev–Trinajstić information content (AvgIpc) is 3.30. The van der Waals surface area contributed by atoms with Crippen molar-refractivity contribution in [2.45, 2.75) is 62.1 Å². The van der Waals surface area contributed by atoms with Gasteiger partial charge in [-0.05, 0) is 43.9 Å². The van der Waals surface area contributed by atoms with Crippen LogP contribution in [-0.2, 0) is 37.2 Å². The number of hydrogen-bond donors (Lipinski definition) is 3. The van der Waals surface area contributed by atoms with E-state index in [2.05, 4.69) is 15.0 Å². The zero-order valence-electron chi connectivity index (χ0n) is 21.0. The van der Waals surface area contributed by atoms with Crippen molar-refractivity contribution in [2.24, 2.45) is 0 Å². The summed E-state index contributed by atoms with van der Waals surface area (Å²) in [7, 11) is -2.24. The summed E-state index contributed by atoms with van der Waals surface area (Å²) in [6.45, 7) is 4.12. The fraction of sp³-hybridized carbons (Fsp3) is 0.667. The summed E-state index contributed by atoms with van der Waals surface area (Å²) in [5, 5.41) is 17.4. The van der Waals surface area contributed by atoms with Crippen LogP contribution in [-0.4, -0.2) is 80.6 Å². The molecule has 1 saturated heterocycles. The van der Waals surface area contributed by atoms with E-state index in [-0.39, 0.29) is 30.7 Å². The highest BCUT2D eigenvalue weighted by Gasteiger charge is 2.36. The molecule has 1 aliphatic carbocycles. The third-order valence-electron chi connectivity index (χ3n) is 6.75. The van der Waals surface area contributed by atoms with Gasteiger partial charge in [0.25, 0.3) is 0 Å². The van der Waals surface area contributed by atoms with Crippen LogP contribution in [0.5, 0.6) is 0 Å². The fourth-order valence-electron chi connectivity index (χ4n) is 4.75. The third-order valence-corrected chi connectivity index (χ3v) is 8.18. The summed E-state index contributed by atoms with van der Waals surface area (Å²) in [6, 6.07) is 3.13. The highest BCUT2D eigenvalue weighted by atomic mass is 32.2. The molecular weight excluding hydrogens is 486 g/mol. The van der Waals surface area contributed by atoms with Gasteiger partial charge in [0.05, 0.1) is 43.7 Å². The number of nitrogens with one attached hydrogen (secondary N) is 2.